The molecular formula is C42H45ClN8O5. The van der Waals surface area contributed by atoms with Gasteiger partial charge < -0.3 is 25.3 Å². The fraction of sp³-hybridized carbons (Fsp3) is 0.429. The summed E-state index contributed by atoms with van der Waals surface area (Å²) < 4.78 is 0. The Labute approximate surface area is 330 Å². The topological polar surface area (TPSA) is 158 Å². The van der Waals surface area contributed by atoms with Gasteiger partial charge in [-0.3, -0.25) is 34.2 Å². The normalized spacial score (nSPS) is 21.0. The van der Waals surface area contributed by atoms with E-state index < -0.39 is 29.7 Å². The number of piperidine rings is 3. The average molecular weight is 777 g/mol. The lowest BCUT2D eigenvalue weighted by Crippen LogP contribution is -2.54. The number of carbonyl (C=O) groups is 5. The highest BCUT2D eigenvalue weighted by Gasteiger charge is 2.45. The Morgan fingerprint density at radius 2 is 1.50 bits per heavy atom. The van der Waals surface area contributed by atoms with E-state index in [1.54, 1.807) is 18.2 Å². The Hall–Kier alpha value is -5.45. The van der Waals surface area contributed by atoms with Crippen LogP contribution in [0.3, 0.4) is 0 Å². The second-order valence-electron chi connectivity index (χ2n) is 15.6. The van der Waals surface area contributed by atoms with Crippen molar-refractivity contribution in [2.24, 2.45) is 5.41 Å². The smallest absolute Gasteiger partial charge is 0.262 e. The van der Waals surface area contributed by atoms with Crippen LogP contribution in [0.15, 0.2) is 60.7 Å². The number of imide groups is 2. The number of nitriles is 1. The van der Waals surface area contributed by atoms with E-state index in [-0.39, 0.29) is 29.7 Å². The summed E-state index contributed by atoms with van der Waals surface area (Å²) in [6, 6.07) is 20.1. The van der Waals surface area contributed by atoms with Gasteiger partial charge in [0.2, 0.25) is 11.8 Å². The quantitative estimate of drug-likeness (QED) is 0.210. The molecule has 5 amide bonds. The number of benzene rings is 3. The van der Waals surface area contributed by atoms with Crippen molar-refractivity contribution in [1.29, 1.82) is 5.26 Å². The van der Waals surface area contributed by atoms with Crippen LogP contribution in [-0.2, 0) is 9.59 Å². The van der Waals surface area contributed by atoms with Crippen molar-refractivity contribution in [2.45, 2.75) is 57.0 Å². The number of rotatable bonds is 9. The molecule has 0 aliphatic carbocycles. The number of hydrogen-bond donors (Lipinski definition) is 3. The summed E-state index contributed by atoms with van der Waals surface area (Å²) in [7, 11) is 0. The predicted octanol–water partition coefficient (Wildman–Crippen LogP) is 4.42. The van der Waals surface area contributed by atoms with Gasteiger partial charge in [-0.25, -0.2) is 0 Å². The zero-order valence-corrected chi connectivity index (χ0v) is 31.9. The van der Waals surface area contributed by atoms with E-state index in [2.05, 4.69) is 31.8 Å². The molecule has 0 aromatic heterocycles. The van der Waals surface area contributed by atoms with Crippen LogP contribution in [0, 0.1) is 16.7 Å². The van der Waals surface area contributed by atoms with Gasteiger partial charge in [-0.05, 0) is 105 Å². The van der Waals surface area contributed by atoms with Gasteiger partial charge in [0.1, 0.15) is 12.1 Å². The Bertz CT molecular complexity index is 2100. The van der Waals surface area contributed by atoms with Crippen molar-refractivity contribution in [1.82, 2.24) is 20.4 Å². The lowest BCUT2D eigenvalue weighted by molar-refractivity contribution is -0.136. The first-order valence-electron chi connectivity index (χ1n) is 19.5. The van der Waals surface area contributed by atoms with Gasteiger partial charge in [-0.15, -0.1) is 0 Å². The zero-order valence-electron chi connectivity index (χ0n) is 31.2. The van der Waals surface area contributed by atoms with Gasteiger partial charge in [0.05, 0.1) is 21.7 Å². The molecule has 3 N–H and O–H groups in total. The fourth-order valence-electron chi connectivity index (χ4n) is 8.94. The molecule has 14 heteroatoms. The molecule has 1 spiro atoms. The van der Waals surface area contributed by atoms with Crippen LogP contribution in [0.25, 0.3) is 0 Å². The van der Waals surface area contributed by atoms with Gasteiger partial charge in [0, 0.05) is 87.4 Å². The maximum atomic E-state index is 13.5. The number of nitrogens with zero attached hydrogens (tertiary/aromatic N) is 5. The van der Waals surface area contributed by atoms with Crippen LogP contribution < -0.4 is 25.8 Å². The summed E-state index contributed by atoms with van der Waals surface area (Å²) in [5.74, 6) is -1.92. The van der Waals surface area contributed by atoms with Crippen molar-refractivity contribution < 1.29 is 24.0 Å². The van der Waals surface area contributed by atoms with Gasteiger partial charge in [-0.1, -0.05) is 11.6 Å². The number of hydrogen-bond acceptors (Lipinski definition) is 10. The van der Waals surface area contributed by atoms with E-state index in [1.165, 1.54) is 0 Å². The van der Waals surface area contributed by atoms with E-state index >= 15 is 0 Å². The molecule has 1 unspecified atom stereocenters. The SMILES string of the molecule is N#Cc1ccc(N2CCC3(CCN(C(=O)c4ccc(NCCNC5CCN(c6ccc7c(c6)C(=O)N(C6CCC(=O)NC6=O)C7=O)CC5)cc4)C3)CC2)cc1Cl. The lowest BCUT2D eigenvalue weighted by Gasteiger charge is -2.40. The molecular weight excluding hydrogens is 732 g/mol. The van der Waals surface area contributed by atoms with Crippen molar-refractivity contribution >= 4 is 58.2 Å². The molecule has 0 bridgehead atoms. The van der Waals surface area contributed by atoms with Crippen molar-refractivity contribution in [3.05, 3.63) is 87.9 Å². The maximum absolute atomic E-state index is 13.5. The Morgan fingerprint density at radius 3 is 2.21 bits per heavy atom. The number of amides is 5. The van der Waals surface area contributed by atoms with Crippen LogP contribution in [0.1, 0.15) is 81.6 Å². The predicted molar refractivity (Wildman–Crippen MR) is 212 cm³/mol. The zero-order chi connectivity index (χ0) is 39.0. The fourth-order valence-corrected chi connectivity index (χ4v) is 9.16. The van der Waals surface area contributed by atoms with E-state index in [0.717, 1.165) is 106 Å². The van der Waals surface area contributed by atoms with Crippen LogP contribution in [0.5, 0.6) is 0 Å². The summed E-state index contributed by atoms with van der Waals surface area (Å²) >= 11 is 6.28. The first-order chi connectivity index (χ1) is 27.1. The van der Waals surface area contributed by atoms with Crippen molar-refractivity contribution in [3.8, 4) is 6.07 Å². The molecule has 1 atom stereocenters. The molecule has 3 aromatic rings. The van der Waals surface area contributed by atoms with E-state index in [0.29, 0.717) is 27.8 Å². The summed E-state index contributed by atoms with van der Waals surface area (Å²) in [6.45, 7) is 6.45. The van der Waals surface area contributed by atoms with Crippen LogP contribution >= 0.6 is 11.6 Å². The molecule has 56 heavy (non-hydrogen) atoms. The van der Waals surface area contributed by atoms with Crippen LogP contribution in [0.4, 0.5) is 17.1 Å². The standard InChI is InChI=1S/C42H45ClN8O5/c43-35-24-32(6-3-28(35)25-44)49-20-13-42(14-21-49)15-22-50(26-42)39(54)27-1-4-29(5-2-27)45-16-17-46-30-11-18-48(19-12-30)31-7-8-33-34(23-31)41(56)51(40(33)55)36-9-10-37(52)47-38(36)53/h1-8,23-24,30,36,45-46H,9-22,26H2,(H,47,52,53). The summed E-state index contributed by atoms with van der Waals surface area (Å²) in [5, 5.41) is 19.0. The van der Waals surface area contributed by atoms with Gasteiger partial charge >= 0.3 is 0 Å². The van der Waals surface area contributed by atoms with E-state index in [9.17, 15) is 29.2 Å². The molecule has 0 radical (unpaired) electrons. The Morgan fingerprint density at radius 1 is 0.821 bits per heavy atom. The molecule has 5 heterocycles. The molecule has 5 aliphatic heterocycles. The monoisotopic (exact) mass is 776 g/mol. The number of nitrogens with one attached hydrogen (secondary N) is 3. The summed E-state index contributed by atoms with van der Waals surface area (Å²) in [4.78, 5) is 71.3. The summed E-state index contributed by atoms with van der Waals surface area (Å²) in [6.07, 6.45) is 5.10. The van der Waals surface area contributed by atoms with Crippen molar-refractivity contribution in [3.63, 3.8) is 0 Å². The maximum Gasteiger partial charge on any atom is 0.262 e. The molecule has 4 saturated heterocycles. The molecule has 4 fully saturated rings. The first kappa shape index (κ1) is 37.5. The second kappa shape index (κ2) is 15.6. The van der Waals surface area contributed by atoms with Crippen molar-refractivity contribution in [2.75, 3.05) is 67.5 Å². The third-order valence-corrected chi connectivity index (χ3v) is 12.6. The lowest BCUT2D eigenvalue weighted by atomic mass is 9.77. The minimum atomic E-state index is -0.975. The first-order valence-corrected chi connectivity index (χ1v) is 19.9. The third kappa shape index (κ3) is 7.43. The molecule has 13 nitrogen and oxygen atoms in total. The van der Waals surface area contributed by atoms with Gasteiger partial charge in [0.15, 0.2) is 0 Å². The number of carbonyl (C=O) groups excluding carboxylic acids is 5. The minimum absolute atomic E-state index is 0.0805. The third-order valence-electron chi connectivity index (χ3n) is 12.3. The molecule has 290 valence electrons. The number of halogens is 1. The number of anilines is 3. The van der Waals surface area contributed by atoms with Gasteiger partial charge in [0.25, 0.3) is 17.7 Å². The summed E-state index contributed by atoms with van der Waals surface area (Å²) in [5.41, 5.74) is 4.79. The Balaban J connectivity index is 0.753. The van der Waals surface area contributed by atoms with E-state index in [1.807, 2.05) is 47.4 Å². The highest BCUT2D eigenvalue weighted by Crippen LogP contribution is 2.42. The van der Waals surface area contributed by atoms with E-state index in [4.69, 9.17) is 11.6 Å². The highest BCUT2D eigenvalue weighted by molar-refractivity contribution is 6.32. The largest absolute Gasteiger partial charge is 0.384 e. The molecule has 0 saturated carbocycles. The molecule has 8 rings (SSSR count). The van der Waals surface area contributed by atoms with Gasteiger partial charge in [-0.2, -0.15) is 5.26 Å². The van der Waals surface area contributed by atoms with Crippen LogP contribution in [-0.4, -0.2) is 104 Å². The second-order valence-corrected chi connectivity index (χ2v) is 16.0. The number of likely N-dealkylation sites (tertiary alicyclic amines) is 1. The average Bonchev–Trinajstić information content (AvgIpc) is 3.74. The van der Waals surface area contributed by atoms with Crippen LogP contribution in [0.2, 0.25) is 5.02 Å². The number of fused-ring (bicyclic) bond motifs is 1. The molecule has 3 aromatic carbocycles. The highest BCUT2D eigenvalue weighted by atomic mass is 35.5. The Kier molecular flexibility index (Phi) is 10.4. The minimum Gasteiger partial charge on any atom is -0.384 e. The molecule has 5 aliphatic rings.